The first-order valence-electron chi connectivity index (χ1n) is 14.9. The molecule has 2 aliphatic rings. The smallest absolute Gasteiger partial charge is 0.231 e. The highest BCUT2D eigenvalue weighted by atomic mass is 16.7. The number of aromatic nitrogens is 1. The summed E-state index contributed by atoms with van der Waals surface area (Å²) in [6.45, 7) is 5.05. The summed E-state index contributed by atoms with van der Waals surface area (Å²) in [5.41, 5.74) is 0.766. The summed E-state index contributed by atoms with van der Waals surface area (Å²) < 4.78 is 22.9. The van der Waals surface area contributed by atoms with Gasteiger partial charge in [-0.3, -0.25) is 4.98 Å². The number of nitrogens with zero attached hydrogens (tertiary/aromatic N) is 1. The van der Waals surface area contributed by atoms with Gasteiger partial charge in [0.2, 0.25) is 12.6 Å². The third-order valence-electron chi connectivity index (χ3n) is 8.74. The van der Waals surface area contributed by atoms with Gasteiger partial charge in [0.15, 0.2) is 11.2 Å². The van der Waals surface area contributed by atoms with Crippen LogP contribution >= 0.6 is 0 Å². The van der Waals surface area contributed by atoms with Crippen molar-refractivity contribution in [2.45, 2.75) is 88.1 Å². The zero-order valence-corrected chi connectivity index (χ0v) is 25.9. The highest BCUT2D eigenvalue weighted by Gasteiger charge is 2.54. The van der Waals surface area contributed by atoms with Crippen molar-refractivity contribution in [3.63, 3.8) is 0 Å². The Balaban J connectivity index is 1.33. The summed E-state index contributed by atoms with van der Waals surface area (Å²) in [7, 11) is 0. The van der Waals surface area contributed by atoms with E-state index in [4.69, 9.17) is 18.9 Å². The van der Waals surface area contributed by atoms with Gasteiger partial charge in [-0.15, -0.1) is 0 Å². The molecule has 0 saturated carbocycles. The molecule has 46 heavy (non-hydrogen) atoms. The number of benzene rings is 2. The van der Waals surface area contributed by atoms with Crippen molar-refractivity contribution >= 4 is 0 Å². The molecule has 0 bridgehead atoms. The average Bonchev–Trinajstić information content (AvgIpc) is 3.03. The van der Waals surface area contributed by atoms with Gasteiger partial charge in [0.1, 0.15) is 48.1 Å². The fraction of sp³-hybridized carbons (Fsp3) is 0.485. The van der Waals surface area contributed by atoms with Gasteiger partial charge in [0, 0.05) is 23.5 Å². The lowest BCUT2D eigenvalue weighted by molar-refractivity contribution is -0.314. The van der Waals surface area contributed by atoms with Crippen molar-refractivity contribution in [2.75, 3.05) is 13.2 Å². The van der Waals surface area contributed by atoms with Crippen LogP contribution < -0.4 is 9.47 Å². The fourth-order valence-electron chi connectivity index (χ4n) is 5.64. The molecule has 0 radical (unpaired) electrons. The van der Waals surface area contributed by atoms with E-state index in [0.717, 1.165) is 22.3 Å². The van der Waals surface area contributed by atoms with Crippen LogP contribution in [0.3, 0.4) is 0 Å². The zero-order valence-electron chi connectivity index (χ0n) is 25.9. The molecule has 250 valence electrons. The summed E-state index contributed by atoms with van der Waals surface area (Å²) in [5.74, 6) is 0.746. The highest BCUT2D eigenvalue weighted by Crippen LogP contribution is 2.36. The molecule has 2 aromatic carbocycles. The molecule has 3 heterocycles. The van der Waals surface area contributed by atoms with Crippen LogP contribution in [0.15, 0.2) is 54.9 Å². The van der Waals surface area contributed by atoms with Gasteiger partial charge >= 0.3 is 0 Å². The molecule has 8 N–H and O–H groups in total. The van der Waals surface area contributed by atoms with Crippen LogP contribution in [0.1, 0.15) is 25.0 Å². The number of hydrogen-bond donors (Lipinski definition) is 8. The number of hydrogen-bond acceptors (Lipinski definition) is 13. The van der Waals surface area contributed by atoms with E-state index in [9.17, 15) is 40.9 Å². The van der Waals surface area contributed by atoms with Crippen LogP contribution in [0, 0.1) is 13.8 Å². The molecule has 2 saturated heterocycles. The predicted octanol–water partition coefficient (Wildman–Crippen LogP) is 0.170. The Kier molecular flexibility index (Phi) is 9.74. The van der Waals surface area contributed by atoms with Crippen LogP contribution in [0.5, 0.6) is 11.5 Å². The van der Waals surface area contributed by atoms with E-state index in [2.05, 4.69) is 4.98 Å². The van der Waals surface area contributed by atoms with Crippen molar-refractivity contribution in [1.82, 2.24) is 4.98 Å². The summed E-state index contributed by atoms with van der Waals surface area (Å²) in [4.78, 5) is 4.41. The Bertz CT molecular complexity index is 1420. The number of ether oxygens (including phenoxy) is 4. The second-order valence-electron chi connectivity index (χ2n) is 12.4. The normalized spacial score (nSPS) is 34.7. The van der Waals surface area contributed by atoms with E-state index in [1.807, 2.05) is 18.2 Å². The van der Waals surface area contributed by atoms with Gasteiger partial charge in [0.25, 0.3) is 0 Å². The lowest BCUT2D eigenvalue weighted by atomic mass is 9.88. The van der Waals surface area contributed by atoms with Crippen molar-refractivity contribution in [3.05, 3.63) is 66.0 Å². The molecule has 2 fully saturated rings. The Labute approximate surface area is 265 Å². The molecule has 13 nitrogen and oxygen atoms in total. The van der Waals surface area contributed by atoms with Crippen molar-refractivity contribution < 1.29 is 59.8 Å². The molecular weight excluding hydrogens is 602 g/mol. The maximum Gasteiger partial charge on any atom is 0.231 e. The summed E-state index contributed by atoms with van der Waals surface area (Å²) >= 11 is 0. The molecule has 10 unspecified atom stereocenters. The first kappa shape index (κ1) is 34.1. The maximum atomic E-state index is 10.8. The van der Waals surface area contributed by atoms with E-state index in [1.165, 1.54) is 13.8 Å². The van der Waals surface area contributed by atoms with E-state index in [1.54, 1.807) is 50.5 Å². The summed E-state index contributed by atoms with van der Waals surface area (Å²) in [5, 5.41) is 81.6. The van der Waals surface area contributed by atoms with Crippen LogP contribution in [0.2, 0.25) is 0 Å². The Morgan fingerprint density at radius 1 is 0.652 bits per heavy atom. The quantitative estimate of drug-likeness (QED) is 0.165. The molecule has 1 aromatic heterocycles. The Morgan fingerprint density at radius 3 is 1.39 bits per heavy atom. The Hall–Kier alpha value is -3.21. The van der Waals surface area contributed by atoms with Gasteiger partial charge in [-0.2, -0.15) is 0 Å². The van der Waals surface area contributed by atoms with Gasteiger partial charge in [-0.1, -0.05) is 12.1 Å². The molecular formula is C33H41NO12. The van der Waals surface area contributed by atoms with E-state index in [-0.39, 0.29) is 0 Å². The maximum absolute atomic E-state index is 10.8. The van der Waals surface area contributed by atoms with E-state index < -0.39 is 73.6 Å². The standard InChI is InChI=1S/C33H41NO12/c1-16-9-18(5-7-22(16)43-30-32(3,41)28(39)26(37)24(14-35)45-30)20-11-21(13-34-12-20)19-6-8-23(17(2)10-19)44-31-33(4,42)29(40)27(38)25(15-36)46-31/h5-13,24-31,35-42H,14-15H2,1-4H3. The van der Waals surface area contributed by atoms with Crippen LogP contribution in [-0.2, 0) is 9.47 Å². The minimum absolute atomic E-state index is 0.373. The van der Waals surface area contributed by atoms with Gasteiger partial charge in [-0.05, 0) is 80.3 Å². The van der Waals surface area contributed by atoms with Gasteiger partial charge < -0.3 is 59.8 Å². The van der Waals surface area contributed by atoms with E-state index in [0.29, 0.717) is 22.6 Å². The SMILES string of the molecule is Cc1cc(-c2cncc(-c3ccc(OC4OC(CO)C(O)C(O)C4(C)O)c(C)c3)c2)ccc1OC1OC(CO)C(O)C(O)C1(C)O. The molecule has 5 rings (SSSR count). The summed E-state index contributed by atoms with van der Waals surface area (Å²) in [6.07, 6.45) is -7.71. The fourth-order valence-corrected chi connectivity index (χ4v) is 5.64. The third kappa shape index (κ3) is 6.36. The molecule has 10 atom stereocenters. The lowest BCUT2D eigenvalue weighted by Crippen LogP contribution is -2.66. The number of pyridine rings is 1. The minimum Gasteiger partial charge on any atom is -0.461 e. The Morgan fingerprint density at radius 2 is 1.04 bits per heavy atom. The zero-order chi connectivity index (χ0) is 33.6. The summed E-state index contributed by atoms with van der Waals surface area (Å²) in [6, 6.07) is 12.7. The topological polar surface area (TPSA) is 212 Å². The first-order chi connectivity index (χ1) is 21.7. The largest absolute Gasteiger partial charge is 0.461 e. The minimum atomic E-state index is -1.94. The van der Waals surface area contributed by atoms with Gasteiger partial charge in [-0.25, -0.2) is 0 Å². The van der Waals surface area contributed by atoms with Crippen molar-refractivity contribution in [1.29, 1.82) is 0 Å². The second kappa shape index (κ2) is 13.1. The van der Waals surface area contributed by atoms with Crippen LogP contribution in [-0.4, -0.2) is 119 Å². The number of aliphatic hydroxyl groups excluding tert-OH is 6. The number of rotatable bonds is 8. The average molecular weight is 644 g/mol. The van der Waals surface area contributed by atoms with Crippen molar-refractivity contribution in [3.8, 4) is 33.8 Å². The molecule has 0 spiro atoms. The lowest BCUT2D eigenvalue weighted by Gasteiger charge is -2.45. The predicted molar refractivity (Wildman–Crippen MR) is 163 cm³/mol. The monoisotopic (exact) mass is 643 g/mol. The molecule has 3 aromatic rings. The molecule has 0 aliphatic carbocycles. The first-order valence-corrected chi connectivity index (χ1v) is 14.9. The van der Waals surface area contributed by atoms with Crippen molar-refractivity contribution in [2.24, 2.45) is 0 Å². The molecule has 0 amide bonds. The molecule has 13 heteroatoms. The van der Waals surface area contributed by atoms with Gasteiger partial charge in [0.05, 0.1) is 13.2 Å². The molecule has 2 aliphatic heterocycles. The van der Waals surface area contributed by atoms with Crippen LogP contribution in [0.25, 0.3) is 22.3 Å². The number of aryl methyl sites for hydroxylation is 2. The second-order valence-corrected chi connectivity index (χ2v) is 12.4. The van der Waals surface area contributed by atoms with E-state index >= 15 is 0 Å². The van der Waals surface area contributed by atoms with Crippen LogP contribution in [0.4, 0.5) is 0 Å². The third-order valence-corrected chi connectivity index (χ3v) is 8.74. The number of aliphatic hydroxyl groups is 8. The highest BCUT2D eigenvalue weighted by molar-refractivity contribution is 5.73.